The number of hydrogen-bond acceptors (Lipinski definition) is 8. The summed E-state index contributed by atoms with van der Waals surface area (Å²) < 4.78 is 102. The fourth-order valence-corrected chi connectivity index (χ4v) is 7.35. The third kappa shape index (κ3) is 6.79. The molecule has 16 heteroatoms. The van der Waals surface area contributed by atoms with Gasteiger partial charge in [-0.25, -0.2) is 18.4 Å². The normalized spacial score (nSPS) is 18.4. The summed E-state index contributed by atoms with van der Waals surface area (Å²) in [5, 5.41) is 1.98. The summed E-state index contributed by atoms with van der Waals surface area (Å²) in [4.78, 5) is 35.8. The Morgan fingerprint density at radius 3 is 2.12 bits per heavy atom. The molecule has 2 atom stereocenters. The maximum Gasteiger partial charge on any atom is 0.417 e. The third-order valence-corrected chi connectivity index (χ3v) is 9.16. The molecule has 6 rings (SSSR count). The molecule has 0 spiro atoms. The fourth-order valence-electron chi connectivity index (χ4n) is 6.38. The second kappa shape index (κ2) is 11.9. The quantitative estimate of drug-likeness (QED) is 0.168. The van der Waals surface area contributed by atoms with Gasteiger partial charge in [0.15, 0.2) is 5.82 Å². The van der Waals surface area contributed by atoms with Gasteiger partial charge in [0.25, 0.3) is 0 Å². The number of benzene rings is 2. The van der Waals surface area contributed by atoms with Gasteiger partial charge in [-0.1, -0.05) is 6.07 Å². The Morgan fingerprint density at radius 2 is 1.53 bits per heavy atom. The molecule has 1 N–H and O–H groups in total. The van der Waals surface area contributed by atoms with Crippen LogP contribution in [0.5, 0.6) is 0 Å². The molecule has 4 aromatic rings. The van der Waals surface area contributed by atoms with Crippen molar-refractivity contribution in [3.8, 4) is 11.1 Å². The lowest BCUT2D eigenvalue weighted by molar-refractivity contribution is -0.137. The first-order chi connectivity index (χ1) is 22.7. The van der Waals surface area contributed by atoms with Gasteiger partial charge in [0.2, 0.25) is 0 Å². The van der Waals surface area contributed by atoms with Crippen LogP contribution in [0, 0.1) is 17.7 Å². The largest absolute Gasteiger partial charge is 0.444 e. The number of ether oxygens (including phenoxy) is 2. The van der Waals surface area contributed by atoms with Crippen LogP contribution in [0.1, 0.15) is 59.9 Å². The van der Waals surface area contributed by atoms with Crippen molar-refractivity contribution in [3.05, 3.63) is 47.5 Å². The zero-order chi connectivity index (χ0) is 35.8. The topological polar surface area (TPSA) is 96.9 Å². The van der Waals surface area contributed by atoms with Gasteiger partial charge in [-0.15, -0.1) is 11.3 Å². The molecule has 49 heavy (non-hydrogen) atoms. The number of nitrogens with zero attached hydrogens (tertiary/aromatic N) is 4. The van der Waals surface area contributed by atoms with Gasteiger partial charge < -0.3 is 14.4 Å². The van der Waals surface area contributed by atoms with Crippen molar-refractivity contribution in [1.82, 2.24) is 14.9 Å². The number of anilines is 2. The molecule has 0 saturated carbocycles. The van der Waals surface area contributed by atoms with Crippen molar-refractivity contribution in [2.24, 2.45) is 0 Å². The number of carbonyl (C=O) groups is 2. The molecule has 2 aromatic heterocycles. The smallest absolute Gasteiger partial charge is 0.417 e. The summed E-state index contributed by atoms with van der Waals surface area (Å²) in [6.45, 7) is 10.3. The van der Waals surface area contributed by atoms with Gasteiger partial charge in [-0.2, -0.15) is 27.5 Å². The molecule has 0 aliphatic carbocycles. The molecule has 262 valence electrons. The number of alkyl halides is 3. The van der Waals surface area contributed by atoms with E-state index in [1.165, 1.54) is 6.07 Å². The average molecular weight is 710 g/mol. The van der Waals surface area contributed by atoms with Crippen LogP contribution in [0.25, 0.3) is 32.1 Å². The SMILES string of the molecule is CC(C)(C)OC(=O)Nc1cc2c(-c3c(C(F)(F)F)cc4c(N5C[C@H]6CC[C@@H](C5)N6C(=O)OC(C)(C)C)nc(F)nc4c3F)ccc(F)c2s1. The van der Waals surface area contributed by atoms with E-state index < -0.39 is 76.0 Å². The maximum absolute atomic E-state index is 16.6. The van der Waals surface area contributed by atoms with Crippen molar-refractivity contribution in [1.29, 1.82) is 0 Å². The molecule has 0 unspecified atom stereocenters. The summed E-state index contributed by atoms with van der Waals surface area (Å²) in [6, 6.07) is 2.98. The van der Waals surface area contributed by atoms with E-state index in [9.17, 15) is 27.2 Å². The second-order valence-corrected chi connectivity index (χ2v) is 15.1. The lowest BCUT2D eigenvalue weighted by Gasteiger charge is -2.42. The molecular formula is C33H33F6N5O4S. The number of fused-ring (bicyclic) bond motifs is 4. The summed E-state index contributed by atoms with van der Waals surface area (Å²) in [7, 11) is 0. The Hall–Kier alpha value is -4.34. The van der Waals surface area contributed by atoms with E-state index in [-0.39, 0.29) is 44.9 Å². The third-order valence-electron chi connectivity index (χ3n) is 8.10. The van der Waals surface area contributed by atoms with Crippen LogP contribution in [0.15, 0.2) is 24.3 Å². The molecule has 0 radical (unpaired) electrons. The minimum absolute atomic E-state index is 0.0427. The predicted octanol–water partition coefficient (Wildman–Crippen LogP) is 8.88. The van der Waals surface area contributed by atoms with Gasteiger partial charge >= 0.3 is 24.4 Å². The van der Waals surface area contributed by atoms with E-state index in [2.05, 4.69) is 15.3 Å². The lowest BCUT2D eigenvalue weighted by Crippen LogP contribution is -2.57. The first-order valence-electron chi connectivity index (χ1n) is 15.5. The van der Waals surface area contributed by atoms with Crippen molar-refractivity contribution < 1.29 is 45.4 Å². The van der Waals surface area contributed by atoms with Gasteiger partial charge in [0.05, 0.1) is 27.3 Å². The predicted molar refractivity (Wildman–Crippen MR) is 172 cm³/mol. The van der Waals surface area contributed by atoms with Crippen LogP contribution in [0.4, 0.5) is 46.8 Å². The molecule has 2 saturated heterocycles. The molecule has 2 aromatic carbocycles. The van der Waals surface area contributed by atoms with E-state index >= 15 is 8.78 Å². The highest BCUT2D eigenvalue weighted by molar-refractivity contribution is 7.23. The molecule has 2 bridgehead atoms. The number of piperazine rings is 1. The molecule has 4 heterocycles. The number of rotatable bonds is 3. The van der Waals surface area contributed by atoms with E-state index in [0.29, 0.717) is 18.9 Å². The summed E-state index contributed by atoms with van der Waals surface area (Å²) in [6.07, 6.45) is -6.75. The number of nitrogens with one attached hydrogen (secondary N) is 1. The van der Waals surface area contributed by atoms with E-state index in [1.54, 1.807) is 51.3 Å². The maximum atomic E-state index is 16.6. The first kappa shape index (κ1) is 34.5. The van der Waals surface area contributed by atoms with Gasteiger partial charge in [-0.05, 0) is 78.1 Å². The molecular weight excluding hydrogens is 676 g/mol. The average Bonchev–Trinajstić information content (AvgIpc) is 3.49. The van der Waals surface area contributed by atoms with Crippen LogP contribution >= 0.6 is 11.3 Å². The number of hydrogen-bond donors (Lipinski definition) is 1. The van der Waals surface area contributed by atoms with Crippen molar-refractivity contribution in [3.63, 3.8) is 0 Å². The Morgan fingerprint density at radius 1 is 0.898 bits per heavy atom. The highest BCUT2D eigenvalue weighted by atomic mass is 32.1. The minimum Gasteiger partial charge on any atom is -0.444 e. The molecule has 2 amide bonds. The van der Waals surface area contributed by atoms with Crippen LogP contribution in [0.3, 0.4) is 0 Å². The number of aromatic nitrogens is 2. The Kier molecular flexibility index (Phi) is 8.39. The van der Waals surface area contributed by atoms with Crippen LogP contribution in [-0.4, -0.2) is 63.4 Å². The van der Waals surface area contributed by atoms with Crippen LogP contribution < -0.4 is 10.2 Å². The zero-order valence-electron chi connectivity index (χ0n) is 27.4. The Bertz CT molecular complexity index is 1970. The number of carbonyl (C=O) groups excluding carboxylic acids is 2. The van der Waals surface area contributed by atoms with Crippen molar-refractivity contribution in [2.45, 2.75) is 83.8 Å². The van der Waals surface area contributed by atoms with Gasteiger partial charge in [-0.3, -0.25) is 10.2 Å². The highest BCUT2D eigenvalue weighted by Gasteiger charge is 2.45. The van der Waals surface area contributed by atoms with Crippen LogP contribution in [0.2, 0.25) is 0 Å². The first-order valence-corrected chi connectivity index (χ1v) is 16.3. The molecule has 2 fully saturated rings. The van der Waals surface area contributed by atoms with Crippen molar-refractivity contribution in [2.75, 3.05) is 23.3 Å². The van der Waals surface area contributed by atoms with E-state index in [0.717, 1.165) is 23.5 Å². The summed E-state index contributed by atoms with van der Waals surface area (Å²) in [5.74, 6) is -2.54. The lowest BCUT2D eigenvalue weighted by atomic mass is 9.93. The standard InChI is InChI=1S/C33H33F6N5O4S/c1-31(2,3)47-29(45)40-22-12-18-17(9-10-21(34)26(18)49-22)23-20(33(37,38)39)11-19-25(24(23)35)41-28(36)42-27(19)43-13-15-7-8-16(14-43)44(15)30(46)48-32(4,5)6/h9-12,15-16H,7-8,13-14H2,1-6H3,(H,40,45)/t15-,16+. The highest BCUT2D eigenvalue weighted by Crippen LogP contribution is 2.47. The Labute approximate surface area is 281 Å². The minimum atomic E-state index is -5.13. The van der Waals surface area contributed by atoms with Crippen molar-refractivity contribution >= 4 is 55.3 Å². The molecule has 9 nitrogen and oxygen atoms in total. The summed E-state index contributed by atoms with van der Waals surface area (Å²) >= 11 is 0.725. The number of amides is 2. The van der Waals surface area contributed by atoms with Gasteiger partial charge in [0.1, 0.15) is 28.4 Å². The fraction of sp³-hybridized carbons (Fsp3) is 0.455. The second-order valence-electron chi connectivity index (χ2n) is 14.1. The summed E-state index contributed by atoms with van der Waals surface area (Å²) in [5.41, 5.74) is -5.05. The van der Waals surface area contributed by atoms with Gasteiger partial charge in [0, 0.05) is 29.4 Å². The monoisotopic (exact) mass is 709 g/mol. The zero-order valence-corrected chi connectivity index (χ0v) is 28.2. The Balaban J connectivity index is 1.46. The molecule has 2 aliphatic heterocycles. The molecule has 2 aliphatic rings. The van der Waals surface area contributed by atoms with E-state index in [4.69, 9.17) is 9.47 Å². The number of thiophene rings is 1. The van der Waals surface area contributed by atoms with E-state index in [1.807, 2.05) is 0 Å². The van der Waals surface area contributed by atoms with Crippen LogP contribution in [-0.2, 0) is 15.7 Å². The number of halogens is 6.